The highest BCUT2D eigenvalue weighted by atomic mass is 79.9. The number of aliphatic imine (C=N–C) groups is 1. The van der Waals surface area contributed by atoms with Gasteiger partial charge in [0.2, 0.25) is 5.91 Å². The van der Waals surface area contributed by atoms with Crippen molar-refractivity contribution in [2.75, 3.05) is 19.6 Å². The molecule has 148 valence electrons. The lowest BCUT2D eigenvalue weighted by Gasteiger charge is -2.21. The fourth-order valence-corrected chi connectivity index (χ4v) is 4.17. The Hall–Kier alpha value is -1.63. The maximum absolute atomic E-state index is 14.0. The van der Waals surface area contributed by atoms with Gasteiger partial charge in [-0.1, -0.05) is 34.8 Å². The largest absolute Gasteiger partial charge is 0.357 e. The molecule has 2 fully saturated rings. The average molecular weight is 439 g/mol. The first-order valence-corrected chi connectivity index (χ1v) is 10.6. The van der Waals surface area contributed by atoms with Crippen molar-refractivity contribution < 1.29 is 9.18 Å². The number of hydrogen-bond acceptors (Lipinski definition) is 2. The van der Waals surface area contributed by atoms with Crippen molar-refractivity contribution in [3.05, 3.63) is 34.1 Å². The molecule has 2 N–H and O–H groups in total. The topological polar surface area (TPSA) is 56.7 Å². The minimum Gasteiger partial charge on any atom is -0.357 e. The first kappa shape index (κ1) is 20.1. The van der Waals surface area contributed by atoms with E-state index in [9.17, 15) is 9.18 Å². The zero-order chi connectivity index (χ0) is 19.2. The number of amides is 1. The Balaban J connectivity index is 1.56. The van der Waals surface area contributed by atoms with Crippen LogP contribution >= 0.6 is 15.9 Å². The van der Waals surface area contributed by atoms with E-state index in [4.69, 9.17) is 0 Å². The molecule has 1 heterocycles. The van der Waals surface area contributed by atoms with Gasteiger partial charge < -0.3 is 15.5 Å². The second-order valence-electron chi connectivity index (χ2n) is 7.33. The molecule has 1 aliphatic carbocycles. The van der Waals surface area contributed by atoms with E-state index < -0.39 is 0 Å². The minimum absolute atomic E-state index is 0.183. The summed E-state index contributed by atoms with van der Waals surface area (Å²) in [6, 6.07) is 5.19. The van der Waals surface area contributed by atoms with Crippen molar-refractivity contribution in [2.45, 2.75) is 51.6 Å². The molecular weight excluding hydrogens is 411 g/mol. The van der Waals surface area contributed by atoms with Gasteiger partial charge in [0, 0.05) is 41.6 Å². The zero-order valence-corrected chi connectivity index (χ0v) is 17.4. The first-order chi connectivity index (χ1) is 13.1. The maximum atomic E-state index is 14.0. The predicted octanol–water partition coefficient (Wildman–Crippen LogP) is 3.43. The Kier molecular flexibility index (Phi) is 7.10. The molecule has 1 aromatic rings. The van der Waals surface area contributed by atoms with Crippen molar-refractivity contribution in [3.63, 3.8) is 0 Å². The average Bonchev–Trinajstić information content (AvgIpc) is 3.32. The number of halogens is 2. The van der Waals surface area contributed by atoms with Crippen LogP contribution in [0, 0.1) is 11.7 Å². The lowest BCUT2D eigenvalue weighted by atomic mass is 10.1. The zero-order valence-electron chi connectivity index (χ0n) is 15.8. The fraction of sp³-hybridized carbons (Fsp3) is 0.600. The normalized spacial score (nSPS) is 20.9. The molecule has 7 heteroatoms. The van der Waals surface area contributed by atoms with Gasteiger partial charge in [-0.05, 0) is 38.3 Å². The highest BCUT2D eigenvalue weighted by molar-refractivity contribution is 9.10. The van der Waals surface area contributed by atoms with Crippen LogP contribution < -0.4 is 10.6 Å². The van der Waals surface area contributed by atoms with E-state index in [0.717, 1.165) is 36.8 Å². The number of likely N-dealkylation sites (tertiary alicyclic amines) is 1. The number of hydrogen-bond donors (Lipinski definition) is 2. The standard InChI is InChI=1S/C20H28BrFN4O/c1-2-23-20(24-12-15-7-8-16(21)11-18(15)22)25-17-9-10-26(13-17)19(27)14-5-3-4-6-14/h7-8,11,14,17H,2-6,9-10,12-13H2,1H3,(H2,23,24,25). The predicted molar refractivity (Wildman–Crippen MR) is 109 cm³/mol. The first-order valence-electron chi connectivity index (χ1n) is 9.84. The highest BCUT2D eigenvalue weighted by Gasteiger charge is 2.32. The molecule has 1 unspecified atom stereocenters. The van der Waals surface area contributed by atoms with Gasteiger partial charge in [0.05, 0.1) is 6.54 Å². The summed E-state index contributed by atoms with van der Waals surface area (Å²) >= 11 is 3.27. The molecule has 2 aliphatic rings. The van der Waals surface area contributed by atoms with Crippen LogP contribution in [0.5, 0.6) is 0 Å². The lowest BCUT2D eigenvalue weighted by Crippen LogP contribution is -2.45. The molecule has 1 atom stereocenters. The van der Waals surface area contributed by atoms with Gasteiger partial charge in [-0.15, -0.1) is 0 Å². The molecular formula is C20H28BrFN4O. The summed E-state index contributed by atoms with van der Waals surface area (Å²) in [5, 5.41) is 6.62. The van der Waals surface area contributed by atoms with Crippen LogP contribution in [0.25, 0.3) is 0 Å². The van der Waals surface area contributed by atoms with Crippen LogP contribution in [0.1, 0.15) is 44.6 Å². The van der Waals surface area contributed by atoms with Crippen LogP contribution in [0.2, 0.25) is 0 Å². The van der Waals surface area contributed by atoms with E-state index in [1.54, 1.807) is 6.07 Å². The van der Waals surface area contributed by atoms with Crippen molar-refractivity contribution in [1.29, 1.82) is 0 Å². The third-order valence-electron chi connectivity index (χ3n) is 5.31. The van der Waals surface area contributed by atoms with E-state index in [0.29, 0.717) is 24.0 Å². The molecule has 3 rings (SSSR count). The summed E-state index contributed by atoms with van der Waals surface area (Å²) < 4.78 is 14.7. The number of benzene rings is 1. The molecule has 0 aromatic heterocycles. The van der Waals surface area contributed by atoms with Gasteiger partial charge in [0.15, 0.2) is 5.96 Å². The Labute approximate surface area is 168 Å². The summed E-state index contributed by atoms with van der Waals surface area (Å²) in [5.74, 6) is 0.944. The number of guanidine groups is 1. The molecule has 0 bridgehead atoms. The van der Waals surface area contributed by atoms with Crippen molar-refractivity contribution in [3.8, 4) is 0 Å². The Bertz CT molecular complexity index is 691. The van der Waals surface area contributed by atoms with Crippen LogP contribution in [0.15, 0.2) is 27.7 Å². The number of nitrogens with zero attached hydrogens (tertiary/aromatic N) is 2. The van der Waals surface area contributed by atoms with Gasteiger partial charge in [-0.2, -0.15) is 0 Å². The van der Waals surface area contributed by atoms with Gasteiger partial charge in [-0.25, -0.2) is 9.38 Å². The van der Waals surface area contributed by atoms with Crippen molar-refractivity contribution >= 4 is 27.8 Å². The fourth-order valence-electron chi connectivity index (χ4n) is 3.84. The third-order valence-corrected chi connectivity index (χ3v) is 5.81. The summed E-state index contributed by atoms with van der Waals surface area (Å²) in [6.45, 7) is 4.51. The van der Waals surface area contributed by atoms with Crippen molar-refractivity contribution in [2.24, 2.45) is 10.9 Å². The Morgan fingerprint density at radius 3 is 2.81 bits per heavy atom. The third kappa shape index (κ3) is 5.43. The molecule has 1 saturated carbocycles. The SMILES string of the molecule is CCNC(=NCc1ccc(Br)cc1F)NC1CCN(C(=O)C2CCCC2)C1. The van der Waals surface area contributed by atoms with Crippen LogP contribution in [-0.2, 0) is 11.3 Å². The van der Waals surface area contributed by atoms with Gasteiger partial charge in [0.25, 0.3) is 0 Å². The number of nitrogens with one attached hydrogen (secondary N) is 2. The quantitative estimate of drug-likeness (QED) is 0.546. The van der Waals surface area contributed by atoms with Crippen molar-refractivity contribution in [1.82, 2.24) is 15.5 Å². The Morgan fingerprint density at radius 2 is 2.11 bits per heavy atom. The van der Waals surface area contributed by atoms with E-state index in [2.05, 4.69) is 31.6 Å². The maximum Gasteiger partial charge on any atom is 0.225 e. The van der Waals surface area contributed by atoms with Gasteiger partial charge >= 0.3 is 0 Å². The molecule has 1 amide bonds. The van der Waals surface area contributed by atoms with Gasteiger partial charge in [0.1, 0.15) is 5.82 Å². The molecule has 1 aromatic carbocycles. The summed E-state index contributed by atoms with van der Waals surface area (Å²) in [7, 11) is 0. The molecule has 0 spiro atoms. The molecule has 1 aliphatic heterocycles. The van der Waals surface area contributed by atoms with E-state index in [-0.39, 0.29) is 24.3 Å². The van der Waals surface area contributed by atoms with Gasteiger partial charge in [-0.3, -0.25) is 4.79 Å². The van der Waals surface area contributed by atoms with Crippen LogP contribution in [0.3, 0.4) is 0 Å². The monoisotopic (exact) mass is 438 g/mol. The summed E-state index contributed by atoms with van der Waals surface area (Å²) in [4.78, 5) is 19.1. The number of carbonyl (C=O) groups excluding carboxylic acids is 1. The van der Waals surface area contributed by atoms with E-state index in [1.807, 2.05) is 17.9 Å². The molecule has 27 heavy (non-hydrogen) atoms. The molecule has 1 saturated heterocycles. The van der Waals surface area contributed by atoms with E-state index >= 15 is 0 Å². The summed E-state index contributed by atoms with van der Waals surface area (Å²) in [6.07, 6.45) is 5.34. The minimum atomic E-state index is -0.266. The second-order valence-corrected chi connectivity index (χ2v) is 8.24. The Morgan fingerprint density at radius 1 is 1.33 bits per heavy atom. The number of rotatable bonds is 5. The lowest BCUT2D eigenvalue weighted by molar-refractivity contribution is -0.134. The number of carbonyl (C=O) groups is 1. The molecule has 0 radical (unpaired) electrons. The van der Waals surface area contributed by atoms with E-state index in [1.165, 1.54) is 18.9 Å². The van der Waals surface area contributed by atoms with Crippen LogP contribution in [-0.4, -0.2) is 42.4 Å². The van der Waals surface area contributed by atoms with Crippen LogP contribution in [0.4, 0.5) is 4.39 Å². The highest BCUT2D eigenvalue weighted by Crippen LogP contribution is 2.27. The second kappa shape index (κ2) is 9.53. The smallest absolute Gasteiger partial charge is 0.225 e. The molecule has 5 nitrogen and oxygen atoms in total. The summed E-state index contributed by atoms with van der Waals surface area (Å²) in [5.41, 5.74) is 0.555.